The van der Waals surface area contributed by atoms with Gasteiger partial charge in [-0.2, -0.15) is 0 Å². The zero-order valence-electron chi connectivity index (χ0n) is 7.04. The summed E-state index contributed by atoms with van der Waals surface area (Å²) in [6.07, 6.45) is 1.06. The summed E-state index contributed by atoms with van der Waals surface area (Å²) in [6, 6.07) is 0. The molecular formula is C7H14N2O3. The molecule has 0 aliphatic carbocycles. The van der Waals surface area contributed by atoms with E-state index in [0.717, 1.165) is 0 Å². The zero-order valence-corrected chi connectivity index (χ0v) is 7.04. The van der Waals surface area contributed by atoms with Gasteiger partial charge in [-0.05, 0) is 12.3 Å². The van der Waals surface area contributed by atoms with Crippen LogP contribution in [0.1, 0.15) is 26.2 Å². The molecule has 12 heavy (non-hydrogen) atoms. The molecule has 0 aliphatic rings. The number of primary amides is 1. The van der Waals surface area contributed by atoms with E-state index in [9.17, 15) is 9.59 Å². The Kier molecular flexibility index (Phi) is 5.03. The minimum absolute atomic E-state index is 0.0599. The van der Waals surface area contributed by atoms with Crippen molar-refractivity contribution in [3.63, 3.8) is 0 Å². The number of hydrogen-bond acceptors (Lipinski definition) is 3. The number of rotatable bonds is 5. The van der Waals surface area contributed by atoms with Crippen LogP contribution in [0, 0.1) is 5.92 Å². The molecule has 0 saturated heterocycles. The van der Waals surface area contributed by atoms with Gasteiger partial charge in [-0.25, -0.2) is 5.48 Å². The van der Waals surface area contributed by atoms with Gasteiger partial charge in [-0.3, -0.25) is 14.8 Å². The van der Waals surface area contributed by atoms with Crippen LogP contribution in [0.5, 0.6) is 0 Å². The fourth-order valence-corrected chi connectivity index (χ4v) is 0.853. The normalized spacial score (nSPS) is 12.2. The molecule has 70 valence electrons. The maximum atomic E-state index is 10.6. The molecule has 0 bridgehead atoms. The van der Waals surface area contributed by atoms with Crippen molar-refractivity contribution in [1.82, 2.24) is 5.48 Å². The number of hydrogen-bond donors (Lipinski definition) is 3. The van der Waals surface area contributed by atoms with E-state index in [1.165, 1.54) is 5.48 Å². The second kappa shape index (κ2) is 5.54. The van der Waals surface area contributed by atoms with Gasteiger partial charge in [-0.15, -0.1) is 0 Å². The molecule has 0 aromatic carbocycles. The second-order valence-corrected chi connectivity index (χ2v) is 2.85. The van der Waals surface area contributed by atoms with Crippen molar-refractivity contribution in [2.45, 2.75) is 26.2 Å². The summed E-state index contributed by atoms with van der Waals surface area (Å²) in [5.41, 5.74) is 6.44. The van der Waals surface area contributed by atoms with E-state index in [2.05, 4.69) is 0 Å². The number of carbonyl (C=O) groups excluding carboxylic acids is 2. The Morgan fingerprint density at radius 2 is 2.17 bits per heavy atom. The van der Waals surface area contributed by atoms with Crippen LogP contribution in [-0.4, -0.2) is 17.0 Å². The van der Waals surface area contributed by atoms with Gasteiger partial charge in [-0.1, -0.05) is 6.92 Å². The molecule has 0 heterocycles. The van der Waals surface area contributed by atoms with Crippen LogP contribution >= 0.6 is 0 Å². The van der Waals surface area contributed by atoms with E-state index in [1.54, 1.807) is 0 Å². The van der Waals surface area contributed by atoms with Crippen molar-refractivity contribution < 1.29 is 14.8 Å². The van der Waals surface area contributed by atoms with Crippen molar-refractivity contribution in [1.29, 1.82) is 0 Å². The van der Waals surface area contributed by atoms with Crippen LogP contribution in [0.2, 0.25) is 0 Å². The molecular weight excluding hydrogens is 160 g/mol. The summed E-state index contributed by atoms with van der Waals surface area (Å²) < 4.78 is 0. The molecule has 0 aromatic rings. The summed E-state index contributed by atoms with van der Waals surface area (Å²) in [7, 11) is 0. The topological polar surface area (TPSA) is 92.4 Å². The lowest BCUT2D eigenvalue weighted by molar-refractivity contribution is -0.130. The molecule has 2 amide bonds. The number of hydroxylamine groups is 1. The zero-order chi connectivity index (χ0) is 9.56. The van der Waals surface area contributed by atoms with Crippen LogP contribution in [0.25, 0.3) is 0 Å². The molecule has 1 atom stereocenters. The van der Waals surface area contributed by atoms with Gasteiger partial charge < -0.3 is 5.73 Å². The second-order valence-electron chi connectivity index (χ2n) is 2.85. The highest BCUT2D eigenvalue weighted by molar-refractivity contribution is 5.75. The van der Waals surface area contributed by atoms with Crippen LogP contribution in [0.4, 0.5) is 0 Å². The van der Waals surface area contributed by atoms with Crippen LogP contribution in [0.15, 0.2) is 0 Å². The molecule has 0 rings (SSSR count). The fourth-order valence-electron chi connectivity index (χ4n) is 0.853. The quantitative estimate of drug-likeness (QED) is 0.397. The first-order valence-electron chi connectivity index (χ1n) is 3.77. The van der Waals surface area contributed by atoms with Gasteiger partial charge in [0.15, 0.2) is 0 Å². The van der Waals surface area contributed by atoms with Gasteiger partial charge in [0.25, 0.3) is 0 Å². The minimum atomic E-state index is -0.438. The summed E-state index contributed by atoms with van der Waals surface area (Å²) in [5, 5.41) is 8.17. The van der Waals surface area contributed by atoms with Gasteiger partial charge in [0.2, 0.25) is 11.8 Å². The van der Waals surface area contributed by atoms with Gasteiger partial charge in [0, 0.05) is 12.8 Å². The lowest BCUT2D eigenvalue weighted by Crippen LogP contribution is -2.21. The molecule has 0 aliphatic heterocycles. The monoisotopic (exact) mass is 174 g/mol. The number of nitrogens with one attached hydrogen (secondary N) is 1. The Morgan fingerprint density at radius 3 is 2.58 bits per heavy atom. The first-order chi connectivity index (χ1) is 5.56. The maximum Gasteiger partial charge on any atom is 0.243 e. The predicted octanol–water partition coefficient (Wildman–Crippen LogP) is -0.216. The third-order valence-electron chi connectivity index (χ3n) is 1.54. The van der Waals surface area contributed by atoms with Crippen LogP contribution < -0.4 is 11.2 Å². The third-order valence-corrected chi connectivity index (χ3v) is 1.54. The molecule has 5 heteroatoms. The Labute approximate surface area is 70.9 Å². The number of carbonyl (C=O) groups is 2. The number of nitrogens with two attached hydrogens (primary N) is 1. The molecule has 5 nitrogen and oxygen atoms in total. The molecule has 4 N–H and O–H groups in total. The predicted molar refractivity (Wildman–Crippen MR) is 42.1 cm³/mol. The summed E-state index contributed by atoms with van der Waals surface area (Å²) >= 11 is 0. The van der Waals surface area contributed by atoms with E-state index >= 15 is 0 Å². The van der Waals surface area contributed by atoms with E-state index in [-0.39, 0.29) is 24.7 Å². The Morgan fingerprint density at radius 1 is 1.58 bits per heavy atom. The van der Waals surface area contributed by atoms with Crippen molar-refractivity contribution in [2.75, 3.05) is 0 Å². The lowest BCUT2D eigenvalue weighted by Gasteiger charge is -2.07. The molecule has 0 aromatic heterocycles. The maximum absolute atomic E-state index is 10.6. The average molecular weight is 174 g/mol. The highest BCUT2D eigenvalue weighted by Crippen LogP contribution is 2.09. The Balaban J connectivity index is 3.52. The lowest BCUT2D eigenvalue weighted by atomic mass is 10.0. The molecule has 0 spiro atoms. The van der Waals surface area contributed by atoms with Crippen molar-refractivity contribution >= 4 is 11.8 Å². The van der Waals surface area contributed by atoms with Crippen LogP contribution in [0.3, 0.4) is 0 Å². The van der Waals surface area contributed by atoms with E-state index < -0.39 is 5.91 Å². The van der Waals surface area contributed by atoms with E-state index in [1.807, 2.05) is 6.92 Å². The minimum Gasteiger partial charge on any atom is -0.370 e. The van der Waals surface area contributed by atoms with Crippen LogP contribution in [-0.2, 0) is 9.59 Å². The Bertz CT molecular complexity index is 170. The van der Waals surface area contributed by atoms with Gasteiger partial charge in [0.05, 0.1) is 0 Å². The highest BCUT2D eigenvalue weighted by atomic mass is 16.5. The Hall–Kier alpha value is -1.10. The molecule has 0 radical (unpaired) electrons. The van der Waals surface area contributed by atoms with Crippen molar-refractivity contribution in [2.24, 2.45) is 11.7 Å². The first-order valence-corrected chi connectivity index (χ1v) is 3.77. The first kappa shape index (κ1) is 10.9. The standard InChI is InChI=1S/C7H14N2O3/c1-5(2-3-6(8)10)4-7(11)9-12/h5,12H,2-4H2,1H3,(H2,8,10)(H,9,11). The average Bonchev–Trinajstić information content (AvgIpc) is 2.00. The summed E-state index contributed by atoms with van der Waals surface area (Å²) in [4.78, 5) is 20.9. The highest BCUT2D eigenvalue weighted by Gasteiger charge is 2.08. The largest absolute Gasteiger partial charge is 0.370 e. The smallest absolute Gasteiger partial charge is 0.243 e. The van der Waals surface area contributed by atoms with Crippen molar-refractivity contribution in [3.05, 3.63) is 0 Å². The van der Waals surface area contributed by atoms with E-state index in [0.29, 0.717) is 6.42 Å². The molecule has 1 unspecified atom stereocenters. The molecule has 0 fully saturated rings. The summed E-state index contributed by atoms with van der Waals surface area (Å²) in [6.45, 7) is 1.82. The SMILES string of the molecule is CC(CCC(N)=O)CC(=O)NO. The third kappa shape index (κ3) is 5.67. The molecule has 0 saturated carbocycles. The van der Waals surface area contributed by atoms with Gasteiger partial charge >= 0.3 is 0 Å². The number of amides is 2. The summed E-state index contributed by atoms with van der Waals surface area (Å²) in [5.74, 6) is -0.747. The van der Waals surface area contributed by atoms with E-state index in [4.69, 9.17) is 10.9 Å². The fraction of sp³-hybridized carbons (Fsp3) is 0.714. The van der Waals surface area contributed by atoms with Crippen molar-refractivity contribution in [3.8, 4) is 0 Å². The van der Waals surface area contributed by atoms with Gasteiger partial charge in [0.1, 0.15) is 0 Å².